The third-order valence-electron chi connectivity index (χ3n) is 3.93. The van der Waals surface area contributed by atoms with E-state index in [1.807, 2.05) is 6.92 Å². The molecule has 2 aromatic rings. The molecule has 0 spiro atoms. The molecule has 3 rings (SSSR count). The lowest BCUT2D eigenvalue weighted by atomic mass is 10.0. The summed E-state index contributed by atoms with van der Waals surface area (Å²) < 4.78 is 23.7. The summed E-state index contributed by atoms with van der Waals surface area (Å²) in [6, 6.07) is 6.51. The van der Waals surface area contributed by atoms with E-state index < -0.39 is 0 Å². The zero-order valence-corrected chi connectivity index (χ0v) is 13.9. The highest BCUT2D eigenvalue weighted by atomic mass is 32.1. The van der Waals surface area contributed by atoms with E-state index in [-0.39, 0.29) is 11.8 Å². The van der Waals surface area contributed by atoms with Crippen LogP contribution in [0.5, 0.6) is 0 Å². The summed E-state index contributed by atoms with van der Waals surface area (Å²) in [5.41, 5.74) is 2.88. The van der Waals surface area contributed by atoms with Gasteiger partial charge in [0.05, 0.1) is 25.4 Å². The summed E-state index contributed by atoms with van der Waals surface area (Å²) in [5.74, 6) is -0.467. The number of hydrogen-bond acceptors (Lipinski definition) is 4. The topological polar surface area (TPSA) is 35.5 Å². The van der Waals surface area contributed by atoms with E-state index in [0.717, 1.165) is 45.7 Å². The van der Waals surface area contributed by atoms with Gasteiger partial charge in [-0.1, -0.05) is 12.1 Å². The molecule has 0 unspecified atom stereocenters. The summed E-state index contributed by atoms with van der Waals surface area (Å²) in [6.45, 7) is 3.41. The molecule has 5 heteroatoms. The van der Waals surface area contributed by atoms with Gasteiger partial charge < -0.3 is 9.47 Å². The standard InChI is InChI=1S/C18H19FO3S/c1-2-22-18(20)17-14-9-10-21-11-16(14)23-15(17)8-5-12-3-6-13(19)7-4-12/h3-4,6-7H,2,5,8-11H2,1H3. The first kappa shape index (κ1) is 16.1. The van der Waals surface area contributed by atoms with E-state index in [0.29, 0.717) is 19.8 Å². The van der Waals surface area contributed by atoms with Crippen LogP contribution in [-0.4, -0.2) is 19.2 Å². The molecule has 0 fully saturated rings. The summed E-state index contributed by atoms with van der Waals surface area (Å²) in [4.78, 5) is 14.5. The van der Waals surface area contributed by atoms with Crippen LogP contribution in [0.3, 0.4) is 0 Å². The fourth-order valence-corrected chi connectivity index (χ4v) is 4.09. The van der Waals surface area contributed by atoms with E-state index >= 15 is 0 Å². The fourth-order valence-electron chi connectivity index (χ4n) is 2.81. The van der Waals surface area contributed by atoms with Crippen LogP contribution in [0.1, 0.15) is 38.2 Å². The Morgan fingerprint density at radius 3 is 2.83 bits per heavy atom. The van der Waals surface area contributed by atoms with Gasteiger partial charge in [-0.05, 0) is 49.4 Å². The summed E-state index contributed by atoms with van der Waals surface area (Å²) in [7, 11) is 0. The monoisotopic (exact) mass is 334 g/mol. The first-order valence-electron chi connectivity index (χ1n) is 7.81. The Labute approximate surface area is 139 Å². The Balaban J connectivity index is 1.84. The van der Waals surface area contributed by atoms with Crippen LogP contribution < -0.4 is 0 Å². The second-order valence-electron chi connectivity index (χ2n) is 5.45. The number of fused-ring (bicyclic) bond motifs is 1. The summed E-state index contributed by atoms with van der Waals surface area (Å²) in [6.07, 6.45) is 2.28. The normalized spacial score (nSPS) is 13.7. The van der Waals surface area contributed by atoms with Gasteiger partial charge in [0.1, 0.15) is 5.82 Å². The maximum Gasteiger partial charge on any atom is 0.339 e. The lowest BCUT2D eigenvalue weighted by Gasteiger charge is -2.13. The maximum absolute atomic E-state index is 13.0. The molecule has 0 saturated carbocycles. The van der Waals surface area contributed by atoms with Gasteiger partial charge in [-0.25, -0.2) is 9.18 Å². The first-order chi connectivity index (χ1) is 11.2. The first-order valence-corrected chi connectivity index (χ1v) is 8.63. The van der Waals surface area contributed by atoms with Crippen LogP contribution in [0, 0.1) is 5.82 Å². The highest BCUT2D eigenvalue weighted by molar-refractivity contribution is 7.12. The Bertz CT molecular complexity index is 691. The molecule has 2 heterocycles. The van der Waals surface area contributed by atoms with E-state index in [9.17, 15) is 9.18 Å². The number of thiophene rings is 1. The third-order valence-corrected chi connectivity index (χ3v) is 5.19. The van der Waals surface area contributed by atoms with Gasteiger partial charge in [-0.2, -0.15) is 0 Å². The van der Waals surface area contributed by atoms with Gasteiger partial charge in [-0.3, -0.25) is 0 Å². The molecule has 1 aliphatic rings. The van der Waals surface area contributed by atoms with Crippen molar-refractivity contribution in [1.82, 2.24) is 0 Å². The van der Waals surface area contributed by atoms with E-state index in [4.69, 9.17) is 9.47 Å². The number of benzene rings is 1. The van der Waals surface area contributed by atoms with Crippen LogP contribution >= 0.6 is 11.3 Å². The number of aryl methyl sites for hydroxylation is 2. The average molecular weight is 334 g/mol. The average Bonchev–Trinajstić information content (AvgIpc) is 2.93. The van der Waals surface area contributed by atoms with Crippen molar-refractivity contribution in [3.05, 3.63) is 56.5 Å². The Morgan fingerprint density at radius 1 is 1.30 bits per heavy atom. The van der Waals surface area contributed by atoms with Gasteiger partial charge in [0, 0.05) is 9.75 Å². The largest absolute Gasteiger partial charge is 0.462 e. The zero-order valence-electron chi connectivity index (χ0n) is 13.1. The lowest BCUT2D eigenvalue weighted by Crippen LogP contribution is -2.14. The number of carbonyl (C=O) groups is 1. The molecular weight excluding hydrogens is 315 g/mol. The molecule has 0 amide bonds. The molecule has 3 nitrogen and oxygen atoms in total. The van der Waals surface area contributed by atoms with Gasteiger partial charge in [-0.15, -0.1) is 11.3 Å². The summed E-state index contributed by atoms with van der Waals surface area (Å²) >= 11 is 1.64. The predicted molar refractivity (Wildman–Crippen MR) is 87.4 cm³/mol. The van der Waals surface area contributed by atoms with Crippen molar-refractivity contribution in [2.75, 3.05) is 13.2 Å². The SMILES string of the molecule is CCOC(=O)c1c(CCc2ccc(F)cc2)sc2c1CCOC2. The minimum atomic E-state index is -0.235. The Morgan fingerprint density at radius 2 is 2.09 bits per heavy atom. The summed E-state index contributed by atoms with van der Waals surface area (Å²) in [5, 5.41) is 0. The number of ether oxygens (including phenoxy) is 2. The Hall–Kier alpha value is -1.72. The van der Waals surface area contributed by atoms with Gasteiger partial charge in [0.2, 0.25) is 0 Å². The minimum Gasteiger partial charge on any atom is -0.462 e. The number of rotatable bonds is 5. The quantitative estimate of drug-likeness (QED) is 0.778. The van der Waals surface area contributed by atoms with Crippen LogP contribution in [0.2, 0.25) is 0 Å². The molecule has 0 aliphatic carbocycles. The smallest absolute Gasteiger partial charge is 0.339 e. The molecule has 0 N–H and O–H groups in total. The number of carbonyl (C=O) groups excluding carboxylic acids is 1. The van der Waals surface area contributed by atoms with Crippen molar-refractivity contribution in [2.45, 2.75) is 32.8 Å². The highest BCUT2D eigenvalue weighted by Crippen LogP contribution is 2.34. The van der Waals surface area contributed by atoms with Crippen LogP contribution in [-0.2, 0) is 35.3 Å². The number of esters is 1. The predicted octanol–water partition coefficient (Wildman–Crippen LogP) is 3.92. The van der Waals surface area contributed by atoms with Crippen LogP contribution in [0.25, 0.3) is 0 Å². The minimum absolute atomic E-state index is 0.232. The third kappa shape index (κ3) is 3.62. The molecule has 0 saturated heterocycles. The zero-order chi connectivity index (χ0) is 16.2. The molecule has 1 aromatic heterocycles. The van der Waals surface area contributed by atoms with Crippen LogP contribution in [0.4, 0.5) is 4.39 Å². The second kappa shape index (κ2) is 7.23. The van der Waals surface area contributed by atoms with Crippen molar-refractivity contribution in [3.8, 4) is 0 Å². The molecule has 0 bridgehead atoms. The molecule has 0 radical (unpaired) electrons. The van der Waals surface area contributed by atoms with Gasteiger partial charge in [0.15, 0.2) is 0 Å². The van der Waals surface area contributed by atoms with Crippen LogP contribution in [0.15, 0.2) is 24.3 Å². The molecule has 1 aliphatic heterocycles. The molecular formula is C18H19FO3S. The molecule has 1 aromatic carbocycles. The maximum atomic E-state index is 13.0. The fraction of sp³-hybridized carbons (Fsp3) is 0.389. The molecule has 23 heavy (non-hydrogen) atoms. The highest BCUT2D eigenvalue weighted by Gasteiger charge is 2.26. The van der Waals surface area contributed by atoms with Gasteiger partial charge in [0.25, 0.3) is 0 Å². The van der Waals surface area contributed by atoms with Crippen molar-refractivity contribution in [2.24, 2.45) is 0 Å². The number of hydrogen-bond donors (Lipinski definition) is 0. The number of halogens is 1. The van der Waals surface area contributed by atoms with Gasteiger partial charge >= 0.3 is 5.97 Å². The van der Waals surface area contributed by atoms with E-state index in [1.54, 1.807) is 23.5 Å². The van der Waals surface area contributed by atoms with E-state index in [1.165, 1.54) is 12.1 Å². The van der Waals surface area contributed by atoms with Crippen molar-refractivity contribution < 1.29 is 18.7 Å². The van der Waals surface area contributed by atoms with Crippen molar-refractivity contribution in [3.63, 3.8) is 0 Å². The lowest BCUT2D eigenvalue weighted by molar-refractivity contribution is 0.0521. The molecule has 0 atom stereocenters. The second-order valence-corrected chi connectivity index (χ2v) is 6.64. The van der Waals surface area contributed by atoms with E-state index in [2.05, 4.69) is 0 Å². The van der Waals surface area contributed by atoms with Crippen molar-refractivity contribution >= 4 is 17.3 Å². The molecule has 122 valence electrons. The van der Waals surface area contributed by atoms with Crippen molar-refractivity contribution in [1.29, 1.82) is 0 Å². The Kier molecular flexibility index (Phi) is 5.08.